The van der Waals surface area contributed by atoms with Crippen LogP contribution in [0, 0.1) is 0 Å². The molecule has 0 nitrogen and oxygen atoms in total. The number of allylic oxidation sites excluding steroid dienone is 6. The minimum Gasteiger partial charge on any atom is -0.0622 e. The second-order valence-corrected chi connectivity index (χ2v) is 5.05. The van der Waals surface area contributed by atoms with Crippen LogP contribution in [0.1, 0.15) is 38.7 Å². The van der Waals surface area contributed by atoms with Crippen molar-refractivity contribution < 1.29 is 0 Å². The Balaban J connectivity index is 2.19. The normalized spacial score (nSPS) is 19.5. The lowest BCUT2D eigenvalue weighted by molar-refractivity contribution is 0.823. The van der Waals surface area contributed by atoms with Gasteiger partial charge in [0, 0.05) is 0 Å². The summed E-state index contributed by atoms with van der Waals surface area (Å²) in [5.74, 6) is 0. The summed E-state index contributed by atoms with van der Waals surface area (Å²) in [5, 5.41) is 0. The van der Waals surface area contributed by atoms with Crippen molar-refractivity contribution >= 4 is 5.57 Å². The van der Waals surface area contributed by atoms with Crippen LogP contribution in [0.3, 0.4) is 0 Å². The van der Waals surface area contributed by atoms with Crippen molar-refractivity contribution in [2.75, 3.05) is 0 Å². The number of hydrogen-bond acceptors (Lipinski definition) is 0. The quantitative estimate of drug-likeness (QED) is 0.634. The van der Waals surface area contributed by atoms with Crippen molar-refractivity contribution in [2.24, 2.45) is 0 Å². The van der Waals surface area contributed by atoms with Crippen molar-refractivity contribution in [3.8, 4) is 0 Å². The van der Waals surface area contributed by atoms with Crippen LogP contribution < -0.4 is 0 Å². The summed E-state index contributed by atoms with van der Waals surface area (Å²) in [4.78, 5) is 0. The molecule has 0 fully saturated rings. The molecule has 0 atom stereocenters. The molecular formula is C17H18. The van der Waals surface area contributed by atoms with Crippen molar-refractivity contribution in [3.05, 3.63) is 64.3 Å². The van der Waals surface area contributed by atoms with Crippen LogP contribution in [0.25, 0.3) is 5.57 Å². The fourth-order valence-corrected chi connectivity index (χ4v) is 3.01. The molecule has 86 valence electrons. The summed E-state index contributed by atoms with van der Waals surface area (Å²) in [6.45, 7) is 4.50. The predicted molar refractivity (Wildman–Crippen MR) is 73.7 cm³/mol. The highest BCUT2D eigenvalue weighted by Gasteiger charge is 2.24. The molecule has 2 aliphatic rings. The monoisotopic (exact) mass is 222 g/mol. The Morgan fingerprint density at radius 3 is 2.47 bits per heavy atom. The summed E-state index contributed by atoms with van der Waals surface area (Å²) in [6.07, 6.45) is 6.15. The molecule has 0 aromatic heterocycles. The van der Waals surface area contributed by atoms with Crippen molar-refractivity contribution in [1.82, 2.24) is 0 Å². The minimum absolute atomic E-state index is 1.22. The van der Waals surface area contributed by atoms with Crippen molar-refractivity contribution in [1.29, 1.82) is 0 Å². The molecule has 1 aromatic carbocycles. The topological polar surface area (TPSA) is 0 Å². The maximum atomic E-state index is 2.38. The zero-order valence-corrected chi connectivity index (χ0v) is 10.6. The highest BCUT2D eigenvalue weighted by Crippen LogP contribution is 2.44. The van der Waals surface area contributed by atoms with Crippen molar-refractivity contribution in [3.63, 3.8) is 0 Å². The van der Waals surface area contributed by atoms with E-state index in [0.29, 0.717) is 0 Å². The number of hydrogen-bond donors (Lipinski definition) is 0. The van der Waals surface area contributed by atoms with E-state index in [4.69, 9.17) is 0 Å². The van der Waals surface area contributed by atoms with E-state index in [1.807, 2.05) is 0 Å². The molecule has 0 heterocycles. The molecule has 0 N–H and O–H groups in total. The van der Waals surface area contributed by atoms with Crippen LogP contribution >= 0.6 is 0 Å². The van der Waals surface area contributed by atoms with Gasteiger partial charge in [-0.1, -0.05) is 36.4 Å². The first-order valence-corrected chi connectivity index (χ1v) is 6.45. The van der Waals surface area contributed by atoms with Gasteiger partial charge >= 0.3 is 0 Å². The van der Waals surface area contributed by atoms with Gasteiger partial charge in [-0.25, -0.2) is 0 Å². The Bertz CT molecular complexity index is 539. The van der Waals surface area contributed by atoms with Gasteiger partial charge in [-0.05, 0) is 66.5 Å². The average Bonchev–Trinajstić information content (AvgIpc) is 2.66. The molecule has 0 amide bonds. The lowest BCUT2D eigenvalue weighted by atomic mass is 9.83. The first-order chi connectivity index (χ1) is 8.27. The van der Waals surface area contributed by atoms with E-state index in [2.05, 4.69) is 50.3 Å². The molecule has 0 heteroatoms. The highest BCUT2D eigenvalue weighted by molar-refractivity contribution is 5.81. The average molecular weight is 222 g/mol. The van der Waals surface area contributed by atoms with Gasteiger partial charge in [0.1, 0.15) is 0 Å². The first kappa shape index (κ1) is 10.6. The molecule has 0 radical (unpaired) electrons. The Kier molecular flexibility index (Phi) is 2.51. The number of benzene rings is 1. The lowest BCUT2D eigenvalue weighted by Gasteiger charge is -2.21. The predicted octanol–water partition coefficient (Wildman–Crippen LogP) is 4.90. The van der Waals surface area contributed by atoms with Crippen LogP contribution in [-0.4, -0.2) is 0 Å². The van der Waals surface area contributed by atoms with Gasteiger partial charge in [-0.15, -0.1) is 0 Å². The summed E-state index contributed by atoms with van der Waals surface area (Å²) >= 11 is 0. The van der Waals surface area contributed by atoms with Crippen LogP contribution in [0.5, 0.6) is 0 Å². The van der Waals surface area contributed by atoms with Crippen LogP contribution in [0.15, 0.2) is 58.7 Å². The molecule has 17 heavy (non-hydrogen) atoms. The molecule has 2 aliphatic carbocycles. The van der Waals surface area contributed by atoms with Gasteiger partial charge in [0.25, 0.3) is 0 Å². The third-order valence-electron chi connectivity index (χ3n) is 3.98. The second-order valence-electron chi connectivity index (χ2n) is 5.05. The van der Waals surface area contributed by atoms with Crippen molar-refractivity contribution in [2.45, 2.75) is 33.1 Å². The third-order valence-corrected chi connectivity index (χ3v) is 3.98. The SMILES string of the molecule is CC1=C(C)C2=C(c3ccccc3)CCCC2=C1. The molecule has 0 spiro atoms. The lowest BCUT2D eigenvalue weighted by Crippen LogP contribution is -2.01. The molecule has 1 aromatic rings. The van der Waals surface area contributed by atoms with Gasteiger partial charge in [-0.3, -0.25) is 0 Å². The van der Waals surface area contributed by atoms with E-state index in [9.17, 15) is 0 Å². The molecule has 0 aliphatic heterocycles. The van der Waals surface area contributed by atoms with Gasteiger partial charge < -0.3 is 0 Å². The van der Waals surface area contributed by atoms with Gasteiger partial charge in [0.15, 0.2) is 0 Å². The molecule has 3 rings (SSSR count). The Morgan fingerprint density at radius 2 is 1.71 bits per heavy atom. The molecule has 0 saturated carbocycles. The zero-order valence-electron chi connectivity index (χ0n) is 10.6. The second kappa shape index (κ2) is 4.03. The molecule has 0 bridgehead atoms. The van der Waals surface area contributed by atoms with Gasteiger partial charge in [-0.2, -0.15) is 0 Å². The Morgan fingerprint density at radius 1 is 0.941 bits per heavy atom. The fraction of sp³-hybridized carbons (Fsp3) is 0.294. The van der Waals surface area contributed by atoms with Gasteiger partial charge in [0.05, 0.1) is 0 Å². The number of rotatable bonds is 1. The minimum atomic E-state index is 1.22. The van der Waals surface area contributed by atoms with Crippen LogP contribution in [0.4, 0.5) is 0 Å². The fourth-order valence-electron chi connectivity index (χ4n) is 3.01. The number of fused-ring (bicyclic) bond motifs is 1. The Labute approximate surface area is 103 Å². The Hall–Kier alpha value is -1.56. The highest BCUT2D eigenvalue weighted by atomic mass is 14.3. The largest absolute Gasteiger partial charge is 0.0622 e. The maximum absolute atomic E-state index is 2.38. The maximum Gasteiger partial charge on any atom is -0.0154 e. The summed E-state index contributed by atoms with van der Waals surface area (Å²) in [5.41, 5.74) is 8.99. The van der Waals surface area contributed by atoms with Gasteiger partial charge in [0.2, 0.25) is 0 Å². The summed E-state index contributed by atoms with van der Waals surface area (Å²) in [7, 11) is 0. The first-order valence-electron chi connectivity index (χ1n) is 6.45. The standard InChI is InChI=1S/C17H18/c1-12-11-15-9-6-10-16(17(15)13(12)2)14-7-4-3-5-8-14/h3-5,7-8,11H,6,9-10H2,1-2H3. The van der Waals surface area contributed by atoms with E-state index in [1.165, 1.54) is 36.0 Å². The summed E-state index contributed by atoms with van der Waals surface area (Å²) < 4.78 is 0. The molecule has 0 unspecified atom stereocenters. The smallest absolute Gasteiger partial charge is 0.0154 e. The van der Waals surface area contributed by atoms with E-state index in [1.54, 1.807) is 16.7 Å². The van der Waals surface area contributed by atoms with Crippen LogP contribution in [-0.2, 0) is 0 Å². The van der Waals surface area contributed by atoms with E-state index in [-0.39, 0.29) is 0 Å². The van der Waals surface area contributed by atoms with E-state index in [0.717, 1.165) is 0 Å². The van der Waals surface area contributed by atoms with Crippen LogP contribution in [0.2, 0.25) is 0 Å². The molecule has 0 saturated heterocycles. The third kappa shape index (κ3) is 1.68. The van der Waals surface area contributed by atoms with E-state index < -0.39 is 0 Å². The zero-order chi connectivity index (χ0) is 11.8. The molecular weight excluding hydrogens is 204 g/mol. The van der Waals surface area contributed by atoms with E-state index >= 15 is 0 Å². The summed E-state index contributed by atoms with van der Waals surface area (Å²) in [6, 6.07) is 10.9.